The van der Waals surface area contributed by atoms with E-state index in [2.05, 4.69) is 26.0 Å². The van der Waals surface area contributed by atoms with Gasteiger partial charge in [0.1, 0.15) is 0 Å². The molecule has 0 aliphatic carbocycles. The number of aryl methyl sites for hydroxylation is 1. The Morgan fingerprint density at radius 3 is 2.42 bits per heavy atom. The molecule has 0 aliphatic heterocycles. The zero-order chi connectivity index (χ0) is 21.8. The number of aromatic nitrogens is 3. The molecule has 0 spiro atoms. The van der Waals surface area contributed by atoms with Crippen LogP contribution in [0.25, 0.3) is 17.1 Å². The molecule has 0 amide bonds. The minimum atomic E-state index is -0.756. The van der Waals surface area contributed by atoms with E-state index >= 15 is 0 Å². The molecule has 4 rings (SSSR count). The smallest absolute Gasteiger partial charge is 0.378 e. The van der Waals surface area contributed by atoms with E-state index in [1.165, 1.54) is 0 Å². The summed E-state index contributed by atoms with van der Waals surface area (Å²) in [6.45, 7) is 1.60. The number of benzene rings is 3. The van der Waals surface area contributed by atoms with E-state index in [-0.39, 0.29) is 18.2 Å². The normalized spacial score (nSPS) is 10.6. The number of rotatable bonds is 6. The van der Waals surface area contributed by atoms with E-state index in [1.807, 2.05) is 61.5 Å². The van der Waals surface area contributed by atoms with Crippen molar-refractivity contribution < 1.29 is 14.3 Å². The van der Waals surface area contributed by atoms with Crippen molar-refractivity contribution in [3.63, 3.8) is 0 Å². The highest BCUT2D eigenvalue weighted by molar-refractivity contribution is 9.10. The molecule has 0 N–H and O–H groups in total. The molecule has 1 heterocycles. The molecule has 3 aromatic carbocycles. The number of ketones is 1. The summed E-state index contributed by atoms with van der Waals surface area (Å²) in [7, 11) is 0. The fourth-order valence-corrected chi connectivity index (χ4v) is 3.30. The second-order valence-corrected chi connectivity index (χ2v) is 7.80. The summed E-state index contributed by atoms with van der Waals surface area (Å²) >= 11 is 3.42. The predicted molar refractivity (Wildman–Crippen MR) is 120 cm³/mol. The van der Waals surface area contributed by atoms with Crippen molar-refractivity contribution in [3.8, 4) is 17.1 Å². The van der Waals surface area contributed by atoms with Crippen molar-refractivity contribution >= 4 is 27.7 Å². The van der Waals surface area contributed by atoms with Crippen LogP contribution in [0.3, 0.4) is 0 Å². The molecule has 4 aromatic rings. The van der Waals surface area contributed by atoms with E-state index in [4.69, 9.17) is 4.74 Å². The Morgan fingerprint density at radius 2 is 1.71 bits per heavy atom. The summed E-state index contributed by atoms with van der Waals surface area (Å²) in [4.78, 5) is 29.3. The molecule has 1 aromatic heterocycles. The highest BCUT2D eigenvalue weighted by Crippen LogP contribution is 2.23. The first-order valence-corrected chi connectivity index (χ1v) is 10.4. The molecule has 0 bridgehead atoms. The Labute approximate surface area is 187 Å². The molecule has 0 atom stereocenters. The van der Waals surface area contributed by atoms with Gasteiger partial charge in [0.05, 0.1) is 5.69 Å². The predicted octanol–water partition coefficient (Wildman–Crippen LogP) is 5.04. The molecule has 0 fully saturated rings. The van der Waals surface area contributed by atoms with E-state index < -0.39 is 5.97 Å². The van der Waals surface area contributed by atoms with E-state index in [0.29, 0.717) is 11.4 Å². The third kappa shape index (κ3) is 4.78. The highest BCUT2D eigenvalue weighted by atomic mass is 79.9. The van der Waals surface area contributed by atoms with Crippen LogP contribution in [-0.4, -0.2) is 33.1 Å². The average Bonchev–Trinajstić information content (AvgIpc) is 3.24. The molecular formula is C24H18BrN3O3. The first-order chi connectivity index (χ1) is 15.0. The minimum Gasteiger partial charge on any atom is -0.451 e. The second kappa shape index (κ2) is 9.06. The number of ether oxygens (including phenoxy) is 1. The zero-order valence-electron chi connectivity index (χ0n) is 16.7. The van der Waals surface area contributed by atoms with Crippen LogP contribution in [0.4, 0.5) is 0 Å². The van der Waals surface area contributed by atoms with Gasteiger partial charge in [0.25, 0.3) is 5.82 Å². The van der Waals surface area contributed by atoms with Gasteiger partial charge in [-0.1, -0.05) is 70.0 Å². The van der Waals surface area contributed by atoms with Gasteiger partial charge in [-0.3, -0.25) is 4.79 Å². The molecule has 7 heteroatoms. The number of Topliss-reactive ketones (excluding diaryl/α,β-unsaturated/α-hetero) is 1. The van der Waals surface area contributed by atoms with Crippen LogP contribution >= 0.6 is 15.9 Å². The molecule has 31 heavy (non-hydrogen) atoms. The monoisotopic (exact) mass is 475 g/mol. The fourth-order valence-electron chi connectivity index (χ4n) is 3.03. The first kappa shape index (κ1) is 20.7. The molecule has 0 radical (unpaired) electrons. The molecule has 0 aliphatic rings. The molecule has 0 saturated carbocycles. The largest absolute Gasteiger partial charge is 0.451 e. The lowest BCUT2D eigenvalue weighted by Crippen LogP contribution is -2.15. The fraction of sp³-hybridized carbons (Fsp3) is 0.0833. The lowest BCUT2D eigenvalue weighted by atomic mass is 10.1. The number of carbonyl (C=O) groups excluding carboxylic acids is 2. The summed E-state index contributed by atoms with van der Waals surface area (Å²) in [6, 6.07) is 23.9. The SMILES string of the molecule is Cc1cccc(-c2nc(C(=O)OCC(=O)c3ccccc3)nn2-c2ccc(Br)cc2)c1. The standard InChI is InChI=1S/C24H18BrN3O3/c1-16-6-5-9-18(14-16)23-26-22(27-28(23)20-12-10-19(25)11-13-20)24(30)31-15-21(29)17-7-3-2-4-8-17/h2-14H,15H2,1H3. The number of hydrogen-bond donors (Lipinski definition) is 0. The highest BCUT2D eigenvalue weighted by Gasteiger charge is 2.21. The van der Waals surface area contributed by atoms with Crippen LogP contribution in [0.2, 0.25) is 0 Å². The maximum absolute atomic E-state index is 12.6. The summed E-state index contributed by atoms with van der Waals surface area (Å²) in [5.41, 5.74) is 3.09. The average molecular weight is 476 g/mol. The van der Waals surface area contributed by atoms with Crippen molar-refractivity contribution in [3.05, 3.63) is 100 Å². The third-order valence-corrected chi connectivity index (χ3v) is 5.10. The lowest BCUT2D eigenvalue weighted by molar-refractivity contribution is 0.0462. The van der Waals surface area contributed by atoms with Gasteiger partial charge in [0.15, 0.2) is 18.2 Å². The van der Waals surface area contributed by atoms with Gasteiger partial charge in [0, 0.05) is 15.6 Å². The van der Waals surface area contributed by atoms with Crippen molar-refractivity contribution in [1.29, 1.82) is 0 Å². The Bertz CT molecular complexity index is 1230. The molecular weight excluding hydrogens is 458 g/mol. The quantitative estimate of drug-likeness (QED) is 0.288. The van der Waals surface area contributed by atoms with E-state index in [1.54, 1.807) is 28.9 Å². The minimum absolute atomic E-state index is 0.111. The Kier molecular flexibility index (Phi) is 6.04. The molecule has 6 nitrogen and oxygen atoms in total. The maximum atomic E-state index is 12.6. The van der Waals surface area contributed by atoms with Crippen LogP contribution in [0.15, 0.2) is 83.3 Å². The zero-order valence-corrected chi connectivity index (χ0v) is 18.2. The third-order valence-electron chi connectivity index (χ3n) is 4.57. The van der Waals surface area contributed by atoms with Crippen LogP contribution < -0.4 is 0 Å². The summed E-state index contributed by atoms with van der Waals surface area (Å²) < 4.78 is 7.71. The number of halogens is 1. The van der Waals surface area contributed by atoms with Gasteiger partial charge in [0.2, 0.25) is 0 Å². The Balaban J connectivity index is 1.63. The number of carbonyl (C=O) groups is 2. The summed E-state index contributed by atoms with van der Waals surface area (Å²) in [6.07, 6.45) is 0. The van der Waals surface area contributed by atoms with Crippen molar-refractivity contribution in [2.24, 2.45) is 0 Å². The van der Waals surface area contributed by atoms with E-state index in [9.17, 15) is 9.59 Å². The maximum Gasteiger partial charge on any atom is 0.378 e. The molecule has 0 saturated heterocycles. The van der Waals surface area contributed by atoms with Gasteiger partial charge in [-0.05, 0) is 37.3 Å². The molecule has 154 valence electrons. The summed E-state index contributed by atoms with van der Waals surface area (Å²) in [5, 5.41) is 4.37. The van der Waals surface area contributed by atoms with Crippen molar-refractivity contribution in [2.45, 2.75) is 6.92 Å². The van der Waals surface area contributed by atoms with E-state index in [0.717, 1.165) is 21.3 Å². The Morgan fingerprint density at radius 1 is 0.968 bits per heavy atom. The number of esters is 1. The first-order valence-electron chi connectivity index (χ1n) is 9.57. The van der Waals surface area contributed by atoms with Crippen LogP contribution in [0.1, 0.15) is 26.5 Å². The second-order valence-electron chi connectivity index (χ2n) is 6.88. The van der Waals surface area contributed by atoms with Crippen LogP contribution in [0, 0.1) is 6.92 Å². The summed E-state index contributed by atoms with van der Waals surface area (Å²) in [5.74, 6) is -0.651. The number of nitrogens with zero attached hydrogens (tertiary/aromatic N) is 3. The van der Waals surface area contributed by atoms with Crippen molar-refractivity contribution in [1.82, 2.24) is 14.8 Å². The molecule has 0 unspecified atom stereocenters. The van der Waals surface area contributed by atoms with Crippen LogP contribution in [0.5, 0.6) is 0 Å². The van der Waals surface area contributed by atoms with Crippen molar-refractivity contribution in [2.75, 3.05) is 6.61 Å². The topological polar surface area (TPSA) is 74.1 Å². The Hall–Kier alpha value is -3.58. The van der Waals surface area contributed by atoms with Gasteiger partial charge in [-0.15, -0.1) is 5.10 Å². The lowest BCUT2D eigenvalue weighted by Gasteiger charge is -2.06. The van der Waals surface area contributed by atoms with Gasteiger partial charge < -0.3 is 4.74 Å². The number of hydrogen-bond acceptors (Lipinski definition) is 5. The van der Waals surface area contributed by atoms with Gasteiger partial charge in [-0.25, -0.2) is 14.5 Å². The van der Waals surface area contributed by atoms with Gasteiger partial charge >= 0.3 is 5.97 Å². The van der Waals surface area contributed by atoms with Crippen LogP contribution in [-0.2, 0) is 4.74 Å². The van der Waals surface area contributed by atoms with Gasteiger partial charge in [-0.2, -0.15) is 0 Å².